The SMILES string of the molecule is Cc1cc(C)nc(NC(=O)NC[C@@](C)(O)c2ccsc2)c1. The van der Waals surface area contributed by atoms with Crippen LogP contribution in [0.5, 0.6) is 0 Å². The first kappa shape index (κ1) is 15.5. The summed E-state index contributed by atoms with van der Waals surface area (Å²) in [6.45, 7) is 5.61. The second-order valence-electron chi connectivity index (χ2n) is 5.26. The second kappa shape index (κ2) is 6.24. The Balaban J connectivity index is 1.93. The Morgan fingerprint density at radius 2 is 2.19 bits per heavy atom. The lowest BCUT2D eigenvalue weighted by molar-refractivity contribution is 0.0604. The van der Waals surface area contributed by atoms with Gasteiger partial charge in [0.2, 0.25) is 0 Å². The quantitative estimate of drug-likeness (QED) is 0.813. The minimum Gasteiger partial charge on any atom is -0.384 e. The summed E-state index contributed by atoms with van der Waals surface area (Å²) in [5, 5.41) is 19.4. The van der Waals surface area contributed by atoms with Gasteiger partial charge in [0, 0.05) is 5.69 Å². The summed E-state index contributed by atoms with van der Waals surface area (Å²) in [4.78, 5) is 16.1. The lowest BCUT2D eigenvalue weighted by atomic mass is 9.99. The number of hydrogen-bond donors (Lipinski definition) is 3. The first-order chi connectivity index (χ1) is 9.87. The minimum absolute atomic E-state index is 0.125. The number of nitrogens with zero attached hydrogens (tertiary/aromatic N) is 1. The standard InChI is InChI=1S/C15H19N3O2S/c1-10-6-11(2)17-13(7-10)18-14(19)16-9-15(3,20)12-4-5-21-8-12/h4-8,20H,9H2,1-3H3,(H2,16,17,18,19)/t15-/m1/s1. The molecule has 0 fully saturated rings. The molecule has 6 heteroatoms. The third kappa shape index (κ3) is 4.27. The molecule has 0 bridgehead atoms. The Labute approximate surface area is 128 Å². The van der Waals surface area contributed by atoms with Crippen LogP contribution >= 0.6 is 11.3 Å². The summed E-state index contributed by atoms with van der Waals surface area (Å²) in [5.74, 6) is 0.500. The van der Waals surface area contributed by atoms with Gasteiger partial charge in [0.1, 0.15) is 11.4 Å². The number of carbonyl (C=O) groups excluding carboxylic acids is 1. The van der Waals surface area contributed by atoms with Gasteiger partial charge in [-0.05, 0) is 60.9 Å². The molecule has 2 amide bonds. The molecule has 0 aliphatic carbocycles. The lowest BCUT2D eigenvalue weighted by Crippen LogP contribution is -2.40. The summed E-state index contributed by atoms with van der Waals surface area (Å²) in [5.41, 5.74) is 1.57. The van der Waals surface area contributed by atoms with Crippen LogP contribution in [-0.4, -0.2) is 22.7 Å². The summed E-state index contributed by atoms with van der Waals surface area (Å²) in [7, 11) is 0. The number of hydrogen-bond acceptors (Lipinski definition) is 4. The Hall–Kier alpha value is -1.92. The maximum absolute atomic E-state index is 11.9. The van der Waals surface area contributed by atoms with Gasteiger partial charge >= 0.3 is 6.03 Å². The predicted molar refractivity (Wildman–Crippen MR) is 84.6 cm³/mol. The van der Waals surface area contributed by atoms with Crippen molar-refractivity contribution in [3.63, 3.8) is 0 Å². The van der Waals surface area contributed by atoms with Crippen LogP contribution in [0.4, 0.5) is 10.6 Å². The van der Waals surface area contributed by atoms with Crippen molar-refractivity contribution in [2.45, 2.75) is 26.4 Å². The van der Waals surface area contributed by atoms with E-state index in [1.807, 2.05) is 36.7 Å². The first-order valence-corrected chi connectivity index (χ1v) is 7.56. The number of rotatable bonds is 4. The van der Waals surface area contributed by atoms with E-state index in [0.29, 0.717) is 5.82 Å². The highest BCUT2D eigenvalue weighted by atomic mass is 32.1. The maximum atomic E-state index is 11.9. The van der Waals surface area contributed by atoms with Gasteiger partial charge in [0.25, 0.3) is 0 Å². The number of thiophene rings is 1. The van der Waals surface area contributed by atoms with Crippen molar-refractivity contribution in [1.82, 2.24) is 10.3 Å². The fourth-order valence-corrected chi connectivity index (χ4v) is 2.77. The molecule has 2 rings (SSSR count). The number of pyridine rings is 1. The zero-order chi connectivity index (χ0) is 15.5. The topological polar surface area (TPSA) is 74.2 Å². The zero-order valence-electron chi connectivity index (χ0n) is 12.3. The highest BCUT2D eigenvalue weighted by Crippen LogP contribution is 2.22. The van der Waals surface area contributed by atoms with Crippen molar-refractivity contribution in [2.75, 3.05) is 11.9 Å². The Morgan fingerprint density at radius 1 is 1.43 bits per heavy atom. The van der Waals surface area contributed by atoms with E-state index < -0.39 is 5.60 Å². The molecule has 0 aliphatic heterocycles. The molecule has 2 aromatic rings. The van der Waals surface area contributed by atoms with Crippen LogP contribution in [0, 0.1) is 13.8 Å². The molecule has 0 unspecified atom stereocenters. The number of aromatic nitrogens is 1. The largest absolute Gasteiger partial charge is 0.384 e. The average Bonchev–Trinajstić information content (AvgIpc) is 2.89. The van der Waals surface area contributed by atoms with Gasteiger partial charge in [-0.25, -0.2) is 9.78 Å². The molecule has 5 nitrogen and oxygen atoms in total. The van der Waals surface area contributed by atoms with Gasteiger partial charge in [0.15, 0.2) is 0 Å². The number of aliphatic hydroxyl groups is 1. The molecule has 0 aromatic carbocycles. The van der Waals surface area contributed by atoms with Gasteiger partial charge in [-0.2, -0.15) is 11.3 Å². The number of carbonyl (C=O) groups is 1. The van der Waals surface area contributed by atoms with Crippen LogP contribution < -0.4 is 10.6 Å². The number of nitrogens with one attached hydrogen (secondary N) is 2. The molecule has 112 valence electrons. The number of amides is 2. The molecule has 0 spiro atoms. The van der Waals surface area contributed by atoms with E-state index in [2.05, 4.69) is 15.6 Å². The van der Waals surface area contributed by atoms with Crippen LogP contribution in [0.25, 0.3) is 0 Å². The molecular weight excluding hydrogens is 286 g/mol. The smallest absolute Gasteiger partial charge is 0.320 e. The zero-order valence-corrected chi connectivity index (χ0v) is 13.1. The van der Waals surface area contributed by atoms with E-state index in [1.165, 1.54) is 11.3 Å². The Morgan fingerprint density at radius 3 is 2.81 bits per heavy atom. The monoisotopic (exact) mass is 305 g/mol. The predicted octanol–water partition coefficient (Wildman–Crippen LogP) is 2.79. The van der Waals surface area contributed by atoms with Gasteiger partial charge in [-0.1, -0.05) is 0 Å². The number of aryl methyl sites for hydroxylation is 2. The van der Waals surface area contributed by atoms with Crippen molar-refractivity contribution in [2.24, 2.45) is 0 Å². The fraction of sp³-hybridized carbons (Fsp3) is 0.333. The van der Waals surface area contributed by atoms with Crippen LogP contribution in [-0.2, 0) is 5.60 Å². The minimum atomic E-state index is -1.09. The van der Waals surface area contributed by atoms with E-state index in [-0.39, 0.29) is 12.6 Å². The van der Waals surface area contributed by atoms with Crippen LogP contribution in [0.2, 0.25) is 0 Å². The van der Waals surface area contributed by atoms with Crippen molar-refractivity contribution < 1.29 is 9.90 Å². The third-order valence-corrected chi connectivity index (χ3v) is 3.76. The van der Waals surface area contributed by atoms with Crippen molar-refractivity contribution in [3.05, 3.63) is 45.8 Å². The van der Waals surface area contributed by atoms with Crippen LogP contribution in [0.3, 0.4) is 0 Å². The van der Waals surface area contributed by atoms with Crippen molar-refractivity contribution >= 4 is 23.2 Å². The molecule has 0 saturated carbocycles. The molecule has 1 atom stereocenters. The van der Waals surface area contributed by atoms with E-state index >= 15 is 0 Å². The summed E-state index contributed by atoms with van der Waals surface area (Å²) < 4.78 is 0. The van der Waals surface area contributed by atoms with E-state index in [1.54, 1.807) is 13.0 Å². The highest BCUT2D eigenvalue weighted by Gasteiger charge is 2.24. The fourth-order valence-electron chi connectivity index (χ4n) is 1.99. The van der Waals surface area contributed by atoms with Crippen molar-refractivity contribution in [3.8, 4) is 0 Å². The normalized spacial score (nSPS) is 13.5. The molecule has 3 N–H and O–H groups in total. The van der Waals surface area contributed by atoms with E-state index in [0.717, 1.165) is 16.8 Å². The molecule has 21 heavy (non-hydrogen) atoms. The van der Waals surface area contributed by atoms with Crippen molar-refractivity contribution in [1.29, 1.82) is 0 Å². The van der Waals surface area contributed by atoms with Crippen LogP contribution in [0.15, 0.2) is 29.0 Å². The second-order valence-corrected chi connectivity index (χ2v) is 6.04. The van der Waals surface area contributed by atoms with Crippen LogP contribution in [0.1, 0.15) is 23.7 Å². The number of urea groups is 1. The van der Waals surface area contributed by atoms with Gasteiger partial charge in [0.05, 0.1) is 6.54 Å². The summed E-state index contributed by atoms with van der Waals surface area (Å²) in [6, 6.07) is 5.19. The van der Waals surface area contributed by atoms with Gasteiger partial charge in [-0.3, -0.25) is 5.32 Å². The molecule has 0 aliphatic rings. The maximum Gasteiger partial charge on any atom is 0.320 e. The molecule has 0 radical (unpaired) electrons. The molecule has 2 aromatic heterocycles. The molecule has 2 heterocycles. The van der Waals surface area contributed by atoms with E-state index in [9.17, 15) is 9.90 Å². The highest BCUT2D eigenvalue weighted by molar-refractivity contribution is 7.08. The van der Waals surface area contributed by atoms with Gasteiger partial charge < -0.3 is 10.4 Å². The third-order valence-electron chi connectivity index (χ3n) is 3.08. The van der Waals surface area contributed by atoms with E-state index in [4.69, 9.17) is 0 Å². The Bertz CT molecular complexity index is 604. The lowest BCUT2D eigenvalue weighted by Gasteiger charge is -2.22. The molecular formula is C15H19N3O2S. The average molecular weight is 305 g/mol. The summed E-state index contributed by atoms with van der Waals surface area (Å²) in [6.07, 6.45) is 0. The number of anilines is 1. The first-order valence-electron chi connectivity index (χ1n) is 6.62. The molecule has 0 saturated heterocycles. The van der Waals surface area contributed by atoms with Gasteiger partial charge in [-0.15, -0.1) is 0 Å². The Kier molecular flexibility index (Phi) is 4.59. The summed E-state index contributed by atoms with van der Waals surface area (Å²) >= 11 is 1.51.